The average molecular weight is 230 g/mol. The molecule has 1 heterocycles. The molecule has 0 aliphatic rings. The van der Waals surface area contributed by atoms with Crippen LogP contribution in [0, 0.1) is 0 Å². The van der Waals surface area contributed by atoms with Gasteiger partial charge in [-0.15, -0.1) is 11.3 Å². The van der Waals surface area contributed by atoms with Crippen molar-refractivity contribution in [1.82, 2.24) is 0 Å². The number of hydrogen-bond acceptors (Lipinski definition) is 5. The summed E-state index contributed by atoms with van der Waals surface area (Å²) in [7, 11) is 1.23. The van der Waals surface area contributed by atoms with E-state index in [-0.39, 0.29) is 6.61 Å². The summed E-state index contributed by atoms with van der Waals surface area (Å²) in [6, 6.07) is 3.85. The lowest BCUT2D eigenvalue weighted by Crippen LogP contribution is -2.40. The minimum Gasteiger partial charge on any atom is -0.467 e. The standard InChI is InChI=1S/C10H14O4S/c1-10(12,9(11)13-2)7-14-6-8-4-3-5-15-8/h3-5,12H,6-7H2,1-2H3. The van der Waals surface area contributed by atoms with E-state index in [0.717, 1.165) is 4.88 Å². The van der Waals surface area contributed by atoms with E-state index in [0.29, 0.717) is 6.61 Å². The van der Waals surface area contributed by atoms with Gasteiger partial charge < -0.3 is 14.6 Å². The van der Waals surface area contributed by atoms with Crippen LogP contribution in [0.25, 0.3) is 0 Å². The van der Waals surface area contributed by atoms with Gasteiger partial charge in [-0.3, -0.25) is 0 Å². The van der Waals surface area contributed by atoms with Crippen molar-refractivity contribution in [3.8, 4) is 0 Å². The molecule has 0 saturated heterocycles. The third-order valence-electron chi connectivity index (χ3n) is 1.83. The summed E-state index contributed by atoms with van der Waals surface area (Å²) >= 11 is 1.56. The Kier molecular flexibility index (Phi) is 4.26. The fourth-order valence-corrected chi connectivity index (χ4v) is 1.66. The first-order chi connectivity index (χ1) is 7.06. The summed E-state index contributed by atoms with van der Waals surface area (Å²) in [5, 5.41) is 11.6. The van der Waals surface area contributed by atoms with Crippen molar-refractivity contribution in [2.75, 3.05) is 13.7 Å². The topological polar surface area (TPSA) is 55.8 Å². The number of aliphatic hydroxyl groups is 1. The quantitative estimate of drug-likeness (QED) is 0.772. The molecule has 4 nitrogen and oxygen atoms in total. The van der Waals surface area contributed by atoms with Crippen molar-refractivity contribution in [2.45, 2.75) is 19.1 Å². The monoisotopic (exact) mass is 230 g/mol. The molecular weight excluding hydrogens is 216 g/mol. The van der Waals surface area contributed by atoms with Crippen LogP contribution in [0.5, 0.6) is 0 Å². The van der Waals surface area contributed by atoms with Crippen LogP contribution in [0.1, 0.15) is 11.8 Å². The van der Waals surface area contributed by atoms with Gasteiger partial charge in [-0.2, -0.15) is 0 Å². The number of methoxy groups -OCH3 is 1. The van der Waals surface area contributed by atoms with Crippen LogP contribution in [0.4, 0.5) is 0 Å². The van der Waals surface area contributed by atoms with Gasteiger partial charge in [0, 0.05) is 4.88 Å². The normalized spacial score (nSPS) is 14.6. The first-order valence-corrected chi connectivity index (χ1v) is 5.35. The Morgan fingerprint density at radius 2 is 2.40 bits per heavy atom. The lowest BCUT2D eigenvalue weighted by Gasteiger charge is -2.19. The largest absolute Gasteiger partial charge is 0.467 e. The molecule has 0 aliphatic carbocycles. The minimum atomic E-state index is -1.58. The zero-order chi connectivity index (χ0) is 11.3. The van der Waals surface area contributed by atoms with Crippen molar-refractivity contribution < 1.29 is 19.4 Å². The number of rotatable bonds is 5. The van der Waals surface area contributed by atoms with Crippen LogP contribution in [0.3, 0.4) is 0 Å². The van der Waals surface area contributed by atoms with E-state index >= 15 is 0 Å². The van der Waals surface area contributed by atoms with Gasteiger partial charge in [0.2, 0.25) is 0 Å². The fourth-order valence-electron chi connectivity index (χ4n) is 1.02. The maximum atomic E-state index is 11.1. The van der Waals surface area contributed by atoms with Crippen LogP contribution in [-0.2, 0) is 20.9 Å². The molecule has 1 aromatic heterocycles. The summed E-state index contributed by atoms with van der Waals surface area (Å²) in [6.45, 7) is 1.69. The second kappa shape index (κ2) is 5.25. The molecule has 0 amide bonds. The summed E-state index contributed by atoms with van der Waals surface area (Å²) in [4.78, 5) is 12.1. The van der Waals surface area contributed by atoms with Crippen LogP contribution >= 0.6 is 11.3 Å². The molecule has 84 valence electrons. The molecule has 1 unspecified atom stereocenters. The molecule has 1 atom stereocenters. The third kappa shape index (κ3) is 3.62. The van der Waals surface area contributed by atoms with Crippen LogP contribution in [-0.4, -0.2) is 30.4 Å². The molecule has 5 heteroatoms. The molecule has 0 saturated carbocycles. The summed E-state index contributed by atoms with van der Waals surface area (Å²) in [5.74, 6) is -0.686. The maximum Gasteiger partial charge on any atom is 0.339 e. The number of thiophene rings is 1. The first-order valence-electron chi connectivity index (χ1n) is 4.47. The molecule has 1 aromatic rings. The van der Waals surface area contributed by atoms with Gasteiger partial charge in [0.25, 0.3) is 0 Å². The highest BCUT2D eigenvalue weighted by Gasteiger charge is 2.31. The van der Waals surface area contributed by atoms with Gasteiger partial charge in [-0.1, -0.05) is 6.07 Å². The van der Waals surface area contributed by atoms with Crippen molar-refractivity contribution in [1.29, 1.82) is 0 Å². The second-order valence-corrected chi connectivity index (χ2v) is 4.37. The van der Waals surface area contributed by atoms with Gasteiger partial charge in [0.05, 0.1) is 20.3 Å². The Bertz CT molecular complexity index is 305. The number of hydrogen-bond donors (Lipinski definition) is 1. The van der Waals surface area contributed by atoms with Gasteiger partial charge in [0.15, 0.2) is 5.60 Å². The SMILES string of the molecule is COC(=O)C(C)(O)COCc1cccs1. The number of esters is 1. The number of carbonyl (C=O) groups excluding carboxylic acids is 1. The Labute approximate surface area is 92.4 Å². The Morgan fingerprint density at radius 1 is 1.67 bits per heavy atom. The number of carbonyl (C=O) groups is 1. The zero-order valence-corrected chi connectivity index (χ0v) is 9.54. The predicted molar refractivity (Wildman–Crippen MR) is 56.6 cm³/mol. The molecule has 0 aromatic carbocycles. The summed E-state index contributed by atoms with van der Waals surface area (Å²) < 4.78 is 9.66. The van der Waals surface area contributed by atoms with E-state index in [9.17, 15) is 9.90 Å². The smallest absolute Gasteiger partial charge is 0.339 e. The van der Waals surface area contributed by atoms with E-state index in [1.54, 1.807) is 11.3 Å². The van der Waals surface area contributed by atoms with E-state index in [4.69, 9.17) is 4.74 Å². The highest BCUT2D eigenvalue weighted by molar-refractivity contribution is 7.09. The zero-order valence-electron chi connectivity index (χ0n) is 8.73. The predicted octanol–water partition coefficient (Wildman–Crippen LogP) is 1.19. The maximum absolute atomic E-state index is 11.1. The van der Waals surface area contributed by atoms with Gasteiger partial charge in [0.1, 0.15) is 0 Å². The van der Waals surface area contributed by atoms with E-state index in [1.807, 2.05) is 17.5 Å². The number of ether oxygens (including phenoxy) is 2. The Morgan fingerprint density at radius 3 is 2.93 bits per heavy atom. The van der Waals surface area contributed by atoms with E-state index in [1.165, 1.54) is 14.0 Å². The highest BCUT2D eigenvalue weighted by atomic mass is 32.1. The lowest BCUT2D eigenvalue weighted by atomic mass is 10.1. The molecule has 1 rings (SSSR count). The van der Waals surface area contributed by atoms with Crippen molar-refractivity contribution >= 4 is 17.3 Å². The molecule has 0 bridgehead atoms. The highest BCUT2D eigenvalue weighted by Crippen LogP contribution is 2.12. The second-order valence-electron chi connectivity index (χ2n) is 3.34. The van der Waals surface area contributed by atoms with Crippen LogP contribution < -0.4 is 0 Å². The van der Waals surface area contributed by atoms with E-state index < -0.39 is 11.6 Å². The molecule has 0 spiro atoms. The Hall–Kier alpha value is -0.910. The average Bonchev–Trinajstić information content (AvgIpc) is 2.69. The van der Waals surface area contributed by atoms with Crippen molar-refractivity contribution in [3.05, 3.63) is 22.4 Å². The van der Waals surface area contributed by atoms with Crippen molar-refractivity contribution in [2.24, 2.45) is 0 Å². The van der Waals surface area contributed by atoms with Gasteiger partial charge in [-0.25, -0.2) is 4.79 Å². The molecule has 0 aliphatic heterocycles. The summed E-state index contributed by atoms with van der Waals surface area (Å²) in [6.07, 6.45) is 0. The van der Waals surface area contributed by atoms with Crippen molar-refractivity contribution in [3.63, 3.8) is 0 Å². The first kappa shape index (κ1) is 12.2. The third-order valence-corrected chi connectivity index (χ3v) is 2.68. The fraction of sp³-hybridized carbons (Fsp3) is 0.500. The molecule has 0 fully saturated rings. The molecule has 1 N–H and O–H groups in total. The van der Waals surface area contributed by atoms with Gasteiger partial charge >= 0.3 is 5.97 Å². The molecular formula is C10H14O4S. The summed E-state index contributed by atoms with van der Waals surface area (Å²) in [5.41, 5.74) is -1.58. The minimum absolute atomic E-state index is 0.0719. The lowest BCUT2D eigenvalue weighted by molar-refractivity contribution is -0.166. The Balaban J connectivity index is 2.33. The van der Waals surface area contributed by atoms with Crippen LogP contribution in [0.2, 0.25) is 0 Å². The molecule has 15 heavy (non-hydrogen) atoms. The van der Waals surface area contributed by atoms with Gasteiger partial charge in [-0.05, 0) is 18.4 Å². The van der Waals surface area contributed by atoms with E-state index in [2.05, 4.69) is 4.74 Å². The molecule has 0 radical (unpaired) electrons. The van der Waals surface area contributed by atoms with Crippen LogP contribution in [0.15, 0.2) is 17.5 Å².